The summed E-state index contributed by atoms with van der Waals surface area (Å²) in [4.78, 5) is 23.2. The topological polar surface area (TPSA) is 88.0 Å². The number of urea groups is 1. The molecule has 8 nitrogen and oxygen atoms in total. The van der Waals surface area contributed by atoms with Crippen molar-refractivity contribution in [1.82, 2.24) is 19.7 Å². The lowest BCUT2D eigenvalue weighted by Crippen LogP contribution is -2.33. The lowest BCUT2D eigenvalue weighted by molar-refractivity contribution is 0.262. The number of rotatable bonds is 5. The number of nitrogens with zero attached hydrogens (tertiary/aromatic N) is 5. The van der Waals surface area contributed by atoms with Crippen molar-refractivity contribution in [3.05, 3.63) is 54.7 Å². The number of carbonyl (C=O) groups is 1. The maximum absolute atomic E-state index is 12.3. The Labute approximate surface area is 173 Å². The molecule has 29 heavy (non-hydrogen) atoms. The standard InChI is InChI=1S/C20H23N7OS/c1-2-15-3-5-16(6-4-15)24-20(28)25-17-11-23-27(13-17)19-18(12-21-14-22-19)26-7-9-29-10-8-26/h3-6,11-14H,2,7-10H2,1H3,(H2,24,25,28). The smallest absolute Gasteiger partial charge is 0.323 e. The number of amides is 2. The van der Waals surface area contributed by atoms with Crippen LogP contribution < -0.4 is 15.5 Å². The molecule has 0 unspecified atom stereocenters. The van der Waals surface area contributed by atoms with Gasteiger partial charge in [0, 0.05) is 30.3 Å². The number of benzene rings is 1. The molecule has 0 radical (unpaired) electrons. The van der Waals surface area contributed by atoms with E-state index in [9.17, 15) is 4.79 Å². The summed E-state index contributed by atoms with van der Waals surface area (Å²) in [5, 5.41) is 10.0. The largest absolute Gasteiger partial charge is 0.366 e. The molecule has 2 amide bonds. The number of aromatic nitrogens is 4. The van der Waals surface area contributed by atoms with Gasteiger partial charge in [-0.2, -0.15) is 16.9 Å². The van der Waals surface area contributed by atoms with Crippen LogP contribution in [0.25, 0.3) is 5.82 Å². The summed E-state index contributed by atoms with van der Waals surface area (Å²) in [6.45, 7) is 4.01. The maximum atomic E-state index is 12.3. The van der Waals surface area contributed by atoms with Crippen molar-refractivity contribution in [2.24, 2.45) is 0 Å². The van der Waals surface area contributed by atoms with E-state index < -0.39 is 0 Å². The summed E-state index contributed by atoms with van der Waals surface area (Å²) < 4.78 is 1.67. The van der Waals surface area contributed by atoms with E-state index in [4.69, 9.17) is 0 Å². The first-order chi connectivity index (χ1) is 14.2. The van der Waals surface area contributed by atoms with Gasteiger partial charge in [-0.15, -0.1) is 0 Å². The van der Waals surface area contributed by atoms with Crippen molar-refractivity contribution < 1.29 is 4.79 Å². The molecule has 2 N–H and O–H groups in total. The third kappa shape index (κ3) is 4.68. The minimum absolute atomic E-state index is 0.315. The van der Waals surface area contributed by atoms with Gasteiger partial charge in [0.2, 0.25) is 0 Å². The Bertz CT molecular complexity index is 967. The van der Waals surface area contributed by atoms with Crippen molar-refractivity contribution in [3.63, 3.8) is 0 Å². The van der Waals surface area contributed by atoms with Gasteiger partial charge in [0.25, 0.3) is 0 Å². The van der Waals surface area contributed by atoms with Crippen LogP contribution in [0.5, 0.6) is 0 Å². The molecule has 1 aliphatic rings. The highest BCUT2D eigenvalue weighted by molar-refractivity contribution is 7.99. The van der Waals surface area contributed by atoms with Crippen LogP contribution in [-0.4, -0.2) is 50.4 Å². The molecule has 0 aliphatic carbocycles. The number of anilines is 3. The fourth-order valence-corrected chi connectivity index (χ4v) is 4.04. The highest BCUT2D eigenvalue weighted by Gasteiger charge is 2.18. The number of aryl methyl sites for hydroxylation is 1. The van der Waals surface area contributed by atoms with E-state index in [0.29, 0.717) is 11.5 Å². The van der Waals surface area contributed by atoms with E-state index in [1.54, 1.807) is 17.1 Å². The van der Waals surface area contributed by atoms with Crippen molar-refractivity contribution in [2.75, 3.05) is 40.1 Å². The average Bonchev–Trinajstić information content (AvgIpc) is 3.23. The number of hydrogen-bond acceptors (Lipinski definition) is 6. The molecular weight excluding hydrogens is 386 g/mol. The predicted molar refractivity (Wildman–Crippen MR) is 117 cm³/mol. The second kappa shape index (κ2) is 8.95. The van der Waals surface area contributed by atoms with Crippen LogP contribution in [0.1, 0.15) is 12.5 Å². The second-order valence-corrected chi connectivity index (χ2v) is 7.86. The van der Waals surface area contributed by atoms with Crippen LogP contribution in [0.15, 0.2) is 49.2 Å². The summed E-state index contributed by atoms with van der Waals surface area (Å²) in [5.74, 6) is 2.87. The Morgan fingerprint density at radius 1 is 1.10 bits per heavy atom. The van der Waals surface area contributed by atoms with Crippen molar-refractivity contribution in [3.8, 4) is 5.82 Å². The van der Waals surface area contributed by atoms with Gasteiger partial charge in [-0.05, 0) is 24.1 Å². The van der Waals surface area contributed by atoms with Crippen molar-refractivity contribution >= 4 is 34.9 Å². The van der Waals surface area contributed by atoms with Gasteiger partial charge >= 0.3 is 6.03 Å². The van der Waals surface area contributed by atoms with Crippen molar-refractivity contribution in [1.29, 1.82) is 0 Å². The molecule has 4 rings (SSSR count). The minimum Gasteiger partial charge on any atom is -0.366 e. The first-order valence-corrected chi connectivity index (χ1v) is 10.7. The van der Waals surface area contributed by atoms with Gasteiger partial charge in [0.05, 0.1) is 24.3 Å². The molecule has 1 aliphatic heterocycles. The molecule has 2 aromatic heterocycles. The molecule has 3 heterocycles. The molecule has 1 aromatic carbocycles. The van der Waals surface area contributed by atoms with Gasteiger partial charge in [-0.1, -0.05) is 19.1 Å². The lowest BCUT2D eigenvalue weighted by atomic mass is 10.1. The maximum Gasteiger partial charge on any atom is 0.323 e. The number of hydrogen-bond donors (Lipinski definition) is 2. The molecule has 0 bridgehead atoms. The predicted octanol–water partition coefficient (Wildman–Crippen LogP) is 3.42. The zero-order valence-corrected chi connectivity index (χ0v) is 17.0. The third-order valence-corrected chi connectivity index (χ3v) is 5.64. The molecule has 1 fully saturated rings. The fraction of sp³-hybridized carbons (Fsp3) is 0.300. The lowest BCUT2D eigenvalue weighted by Gasteiger charge is -2.29. The summed E-state index contributed by atoms with van der Waals surface area (Å²) in [5.41, 5.74) is 3.51. The van der Waals surface area contributed by atoms with E-state index in [2.05, 4.69) is 37.5 Å². The van der Waals surface area contributed by atoms with E-state index in [-0.39, 0.29) is 6.03 Å². The van der Waals surface area contributed by atoms with E-state index >= 15 is 0 Å². The van der Waals surface area contributed by atoms with E-state index in [1.807, 2.05) is 42.2 Å². The zero-order chi connectivity index (χ0) is 20.1. The highest BCUT2D eigenvalue weighted by atomic mass is 32.2. The Morgan fingerprint density at radius 2 is 1.86 bits per heavy atom. The van der Waals surface area contributed by atoms with Gasteiger partial charge in [-0.3, -0.25) is 0 Å². The van der Waals surface area contributed by atoms with Crippen LogP contribution in [0, 0.1) is 0 Å². The molecule has 1 saturated heterocycles. The third-order valence-electron chi connectivity index (χ3n) is 4.70. The molecule has 3 aromatic rings. The Hall–Kier alpha value is -3.07. The molecular formula is C20H23N7OS. The summed E-state index contributed by atoms with van der Waals surface area (Å²) in [7, 11) is 0. The van der Waals surface area contributed by atoms with E-state index in [1.165, 1.54) is 11.9 Å². The Balaban J connectivity index is 1.45. The van der Waals surface area contributed by atoms with Crippen LogP contribution in [0.4, 0.5) is 21.9 Å². The Kier molecular flexibility index (Phi) is 5.95. The zero-order valence-electron chi connectivity index (χ0n) is 16.2. The minimum atomic E-state index is -0.315. The van der Waals surface area contributed by atoms with Gasteiger partial charge in [0.1, 0.15) is 12.0 Å². The van der Waals surface area contributed by atoms with Crippen LogP contribution in [-0.2, 0) is 6.42 Å². The van der Waals surface area contributed by atoms with Crippen molar-refractivity contribution in [2.45, 2.75) is 13.3 Å². The monoisotopic (exact) mass is 409 g/mol. The number of nitrogens with one attached hydrogen (secondary N) is 2. The average molecular weight is 410 g/mol. The SMILES string of the molecule is CCc1ccc(NC(=O)Nc2cnn(-c3ncncc3N3CCSCC3)c2)cc1. The van der Waals surface area contributed by atoms with Gasteiger partial charge in [0.15, 0.2) is 5.82 Å². The normalized spacial score (nSPS) is 13.9. The summed E-state index contributed by atoms with van der Waals surface area (Å²) in [6, 6.07) is 7.48. The van der Waals surface area contributed by atoms with Gasteiger partial charge < -0.3 is 15.5 Å². The molecule has 9 heteroatoms. The first-order valence-electron chi connectivity index (χ1n) is 9.57. The van der Waals surface area contributed by atoms with Crippen LogP contribution >= 0.6 is 11.8 Å². The fourth-order valence-electron chi connectivity index (χ4n) is 3.14. The van der Waals surface area contributed by atoms with E-state index in [0.717, 1.165) is 42.4 Å². The molecule has 0 spiro atoms. The van der Waals surface area contributed by atoms with Crippen LogP contribution in [0.3, 0.4) is 0 Å². The first kappa shape index (κ1) is 19.3. The molecule has 150 valence electrons. The number of carbonyl (C=O) groups excluding carboxylic acids is 1. The number of thioether (sulfide) groups is 1. The quantitative estimate of drug-likeness (QED) is 0.671. The van der Waals surface area contributed by atoms with Gasteiger partial charge in [-0.25, -0.2) is 19.4 Å². The molecule has 0 atom stereocenters. The highest BCUT2D eigenvalue weighted by Crippen LogP contribution is 2.24. The second-order valence-electron chi connectivity index (χ2n) is 6.63. The van der Waals surface area contributed by atoms with Crippen LogP contribution in [0.2, 0.25) is 0 Å². The Morgan fingerprint density at radius 3 is 2.62 bits per heavy atom. The molecule has 0 saturated carbocycles. The summed E-state index contributed by atoms with van der Waals surface area (Å²) in [6.07, 6.45) is 7.66. The summed E-state index contributed by atoms with van der Waals surface area (Å²) >= 11 is 1.95.